The van der Waals surface area contributed by atoms with Crippen LogP contribution in [0.4, 0.5) is 0 Å². The first kappa shape index (κ1) is 18.1. The number of ketones is 1. The van der Waals surface area contributed by atoms with Gasteiger partial charge in [-0.2, -0.15) is 0 Å². The first-order valence-electron chi connectivity index (χ1n) is 7.27. The zero-order valence-corrected chi connectivity index (χ0v) is 15.8. The Bertz CT molecular complexity index is 612. The fourth-order valence-electron chi connectivity index (χ4n) is 2.75. The minimum atomic E-state index is -0.811. The van der Waals surface area contributed by atoms with Crippen molar-refractivity contribution in [3.8, 4) is 0 Å². The molecule has 1 aromatic carbocycles. The molecule has 0 unspecified atom stereocenters. The molecule has 124 valence electrons. The van der Waals surface area contributed by atoms with Crippen molar-refractivity contribution in [1.82, 2.24) is 5.32 Å². The molecule has 0 saturated heterocycles. The predicted octanol–water partition coefficient (Wildman–Crippen LogP) is 3.24. The van der Waals surface area contributed by atoms with Crippen LogP contribution < -0.4 is 5.32 Å². The van der Waals surface area contributed by atoms with Crippen molar-refractivity contribution < 1.29 is 19.1 Å². The highest BCUT2D eigenvalue weighted by atomic mass is 79.9. The monoisotopic (exact) mass is 445 g/mol. The fraction of sp³-hybridized carbons (Fsp3) is 0.438. The van der Waals surface area contributed by atoms with E-state index in [0.717, 1.165) is 15.4 Å². The number of carbonyl (C=O) groups excluding carboxylic acids is 3. The van der Waals surface area contributed by atoms with Crippen molar-refractivity contribution in [2.75, 3.05) is 7.11 Å². The third-order valence-electron chi connectivity index (χ3n) is 3.86. The summed E-state index contributed by atoms with van der Waals surface area (Å²) in [6.45, 7) is 0. The molecule has 0 radical (unpaired) electrons. The molecule has 1 aliphatic carbocycles. The molecule has 1 aliphatic rings. The summed E-state index contributed by atoms with van der Waals surface area (Å²) in [6.07, 6.45) is 2.28. The average Bonchev–Trinajstić information content (AvgIpc) is 2.50. The second kappa shape index (κ2) is 8.06. The van der Waals surface area contributed by atoms with Crippen molar-refractivity contribution >= 4 is 49.5 Å². The summed E-state index contributed by atoms with van der Waals surface area (Å²) >= 11 is 6.66. The van der Waals surface area contributed by atoms with Crippen LogP contribution >= 0.6 is 31.9 Å². The quantitative estimate of drug-likeness (QED) is 0.720. The molecule has 1 amide bonds. The van der Waals surface area contributed by atoms with Gasteiger partial charge in [-0.05, 0) is 37.0 Å². The van der Waals surface area contributed by atoms with Crippen LogP contribution in [-0.4, -0.2) is 30.8 Å². The van der Waals surface area contributed by atoms with Gasteiger partial charge in [0.15, 0.2) is 0 Å². The van der Waals surface area contributed by atoms with Crippen LogP contribution in [0.5, 0.6) is 0 Å². The first-order valence-corrected chi connectivity index (χ1v) is 8.86. The van der Waals surface area contributed by atoms with E-state index in [1.165, 1.54) is 7.11 Å². The van der Waals surface area contributed by atoms with Gasteiger partial charge in [-0.3, -0.25) is 9.59 Å². The lowest BCUT2D eigenvalue weighted by molar-refractivity contribution is -0.145. The molecule has 1 N–H and O–H groups in total. The summed E-state index contributed by atoms with van der Waals surface area (Å²) in [5, 5.41) is 2.72. The number of hydrogen-bond donors (Lipinski definition) is 1. The molecule has 1 fully saturated rings. The number of methoxy groups -OCH3 is 1. The summed E-state index contributed by atoms with van der Waals surface area (Å²) in [4.78, 5) is 36.2. The number of benzene rings is 1. The number of halogens is 2. The summed E-state index contributed by atoms with van der Waals surface area (Å²) in [6, 6.07) is 4.34. The van der Waals surface area contributed by atoms with Crippen LogP contribution in [-0.2, 0) is 14.3 Å². The maximum Gasteiger partial charge on any atom is 0.328 e. The number of ether oxygens (including phenoxy) is 1. The van der Waals surface area contributed by atoms with Crippen LogP contribution in [0.1, 0.15) is 36.0 Å². The van der Waals surface area contributed by atoms with E-state index in [4.69, 9.17) is 4.74 Å². The highest BCUT2D eigenvalue weighted by Gasteiger charge is 2.34. The minimum absolute atomic E-state index is 0.120. The molecule has 0 heterocycles. The summed E-state index contributed by atoms with van der Waals surface area (Å²) in [5.41, 5.74) is 0.419. The lowest BCUT2D eigenvalue weighted by atomic mass is 9.83. The summed E-state index contributed by atoms with van der Waals surface area (Å²) < 4.78 is 6.30. The van der Waals surface area contributed by atoms with Gasteiger partial charge in [0.25, 0.3) is 5.91 Å². The van der Waals surface area contributed by atoms with Gasteiger partial charge in [0.05, 0.1) is 7.11 Å². The highest BCUT2D eigenvalue weighted by Crippen LogP contribution is 2.26. The van der Waals surface area contributed by atoms with Gasteiger partial charge in [-0.1, -0.05) is 31.9 Å². The number of Topliss-reactive ketones (excluding diaryl/α,β-unsaturated/α-hetero) is 1. The maximum atomic E-state index is 12.5. The van der Waals surface area contributed by atoms with Gasteiger partial charge < -0.3 is 10.1 Å². The second-order valence-electron chi connectivity index (χ2n) is 5.53. The van der Waals surface area contributed by atoms with Crippen LogP contribution in [0.25, 0.3) is 0 Å². The van der Waals surface area contributed by atoms with E-state index >= 15 is 0 Å². The van der Waals surface area contributed by atoms with Crippen LogP contribution in [0, 0.1) is 5.92 Å². The third kappa shape index (κ3) is 4.88. The van der Waals surface area contributed by atoms with Crippen molar-refractivity contribution in [3.05, 3.63) is 32.7 Å². The molecule has 0 aromatic heterocycles. The van der Waals surface area contributed by atoms with Gasteiger partial charge in [0, 0.05) is 27.4 Å². The lowest BCUT2D eigenvalue weighted by Crippen LogP contribution is -2.48. The van der Waals surface area contributed by atoms with E-state index in [1.807, 2.05) is 6.07 Å². The topological polar surface area (TPSA) is 72.5 Å². The van der Waals surface area contributed by atoms with Crippen LogP contribution in [0.15, 0.2) is 27.1 Å². The van der Waals surface area contributed by atoms with Crippen molar-refractivity contribution in [3.63, 3.8) is 0 Å². The van der Waals surface area contributed by atoms with Crippen LogP contribution in [0.2, 0.25) is 0 Å². The van der Waals surface area contributed by atoms with E-state index < -0.39 is 12.0 Å². The van der Waals surface area contributed by atoms with Gasteiger partial charge in [0.1, 0.15) is 11.8 Å². The molecule has 2 atom stereocenters. The second-order valence-corrected chi connectivity index (χ2v) is 7.36. The Morgan fingerprint density at radius 1 is 1.26 bits per heavy atom. The molecule has 0 spiro atoms. The smallest absolute Gasteiger partial charge is 0.328 e. The van der Waals surface area contributed by atoms with Gasteiger partial charge in [-0.25, -0.2) is 4.79 Å². The standard InChI is InChI=1S/C16H17Br2NO4/c1-23-16(22)14(9-3-2-4-13(20)7-9)19-15(21)10-5-11(17)8-12(18)6-10/h5-6,8-9,14H,2-4,7H2,1H3,(H,19,21)/t9-,14+/m0/s1. The fourth-order valence-corrected chi connectivity index (χ4v) is 4.04. The van der Waals surface area contributed by atoms with Gasteiger partial charge in [0.2, 0.25) is 0 Å². The molecular formula is C16H17Br2NO4. The van der Waals surface area contributed by atoms with Crippen molar-refractivity contribution in [2.24, 2.45) is 5.92 Å². The maximum absolute atomic E-state index is 12.5. The summed E-state index contributed by atoms with van der Waals surface area (Å²) in [5.74, 6) is -0.995. The lowest BCUT2D eigenvalue weighted by Gasteiger charge is -2.28. The SMILES string of the molecule is COC(=O)[C@H](NC(=O)c1cc(Br)cc(Br)c1)[C@H]1CCCC(=O)C1. The van der Waals surface area contributed by atoms with E-state index in [1.54, 1.807) is 12.1 Å². The molecule has 5 nitrogen and oxygen atoms in total. The van der Waals surface area contributed by atoms with E-state index in [9.17, 15) is 14.4 Å². The zero-order chi connectivity index (χ0) is 17.0. The molecular weight excluding hydrogens is 430 g/mol. The number of rotatable bonds is 4. The molecule has 1 saturated carbocycles. The van der Waals surface area contributed by atoms with Crippen molar-refractivity contribution in [2.45, 2.75) is 31.7 Å². The molecule has 23 heavy (non-hydrogen) atoms. The Morgan fingerprint density at radius 3 is 2.48 bits per heavy atom. The molecule has 7 heteroatoms. The van der Waals surface area contributed by atoms with E-state index in [0.29, 0.717) is 24.8 Å². The number of hydrogen-bond acceptors (Lipinski definition) is 4. The van der Waals surface area contributed by atoms with Gasteiger partial charge >= 0.3 is 5.97 Å². The zero-order valence-electron chi connectivity index (χ0n) is 12.6. The Balaban J connectivity index is 2.18. The molecule has 1 aromatic rings. The van der Waals surface area contributed by atoms with E-state index in [2.05, 4.69) is 37.2 Å². The molecule has 0 bridgehead atoms. The number of esters is 1. The Labute approximate surface area is 151 Å². The van der Waals surface area contributed by atoms with Crippen molar-refractivity contribution in [1.29, 1.82) is 0 Å². The summed E-state index contributed by atoms with van der Waals surface area (Å²) in [7, 11) is 1.28. The predicted molar refractivity (Wildman–Crippen MR) is 92.1 cm³/mol. The van der Waals surface area contributed by atoms with E-state index in [-0.39, 0.29) is 17.6 Å². The largest absolute Gasteiger partial charge is 0.467 e. The van der Waals surface area contributed by atoms with Gasteiger partial charge in [-0.15, -0.1) is 0 Å². The Hall–Kier alpha value is -1.21. The molecule has 0 aliphatic heterocycles. The Kier molecular flexibility index (Phi) is 6.35. The average molecular weight is 447 g/mol. The number of nitrogens with one attached hydrogen (secondary N) is 1. The minimum Gasteiger partial charge on any atom is -0.467 e. The Morgan fingerprint density at radius 2 is 1.91 bits per heavy atom. The molecule has 2 rings (SSSR count). The first-order chi connectivity index (χ1) is 10.9. The van der Waals surface area contributed by atoms with Crippen LogP contribution in [0.3, 0.4) is 0 Å². The number of amides is 1. The highest BCUT2D eigenvalue weighted by molar-refractivity contribution is 9.11. The number of carbonyl (C=O) groups is 3. The normalized spacial score (nSPS) is 19.1. The third-order valence-corrected chi connectivity index (χ3v) is 4.77.